The third kappa shape index (κ3) is 3.41. The van der Waals surface area contributed by atoms with E-state index in [1.54, 1.807) is 12.2 Å². The number of carbonyl (C=O) groups is 1. The minimum Gasteiger partial charge on any atom is -0.402 e. The van der Waals surface area contributed by atoms with Crippen LogP contribution < -0.4 is 0 Å². The molecule has 6 heteroatoms. The van der Waals surface area contributed by atoms with Crippen molar-refractivity contribution in [3.8, 4) is 0 Å². The summed E-state index contributed by atoms with van der Waals surface area (Å²) < 4.78 is 31.4. The second-order valence-electron chi connectivity index (χ2n) is 4.87. The molecule has 24 heavy (non-hydrogen) atoms. The molecular weight excluding hydrogens is 336 g/mol. The molecule has 2 aromatic rings. The van der Waals surface area contributed by atoms with Gasteiger partial charge >= 0.3 is 5.97 Å². The topological polar surface area (TPSA) is 38.7 Å². The Hall–Kier alpha value is -2.79. The van der Waals surface area contributed by atoms with Gasteiger partial charge in [0.2, 0.25) is 5.90 Å². The van der Waals surface area contributed by atoms with Crippen LogP contribution in [-0.4, -0.2) is 11.9 Å². The average molecular weight is 346 g/mol. The Labute approximate surface area is 141 Å². The molecule has 0 saturated heterocycles. The van der Waals surface area contributed by atoms with Crippen LogP contribution in [0.15, 0.2) is 65.3 Å². The second-order valence-corrected chi connectivity index (χ2v) is 5.28. The maximum absolute atomic E-state index is 13.3. The lowest BCUT2D eigenvalue weighted by atomic mass is 10.2. The molecular formula is C18H10ClF2NO2. The van der Waals surface area contributed by atoms with Gasteiger partial charge in [0, 0.05) is 0 Å². The second kappa shape index (κ2) is 6.76. The highest BCUT2D eigenvalue weighted by molar-refractivity contribution is 6.34. The van der Waals surface area contributed by atoms with Crippen molar-refractivity contribution in [3.63, 3.8) is 0 Å². The zero-order valence-corrected chi connectivity index (χ0v) is 12.9. The number of cyclic esters (lactones) is 1. The standard InChI is InChI=1S/C18H10ClF2NO2/c19-13-10-15(21)14(20)9-12(13)17-22-16(18(23)24-17)8-4-7-11-5-2-1-3-6-11/h1-10H. The Kier molecular flexibility index (Phi) is 4.53. The quantitative estimate of drug-likeness (QED) is 0.466. The number of rotatable bonds is 3. The van der Waals surface area contributed by atoms with Crippen molar-refractivity contribution in [1.29, 1.82) is 0 Å². The summed E-state index contributed by atoms with van der Waals surface area (Å²) >= 11 is 5.85. The number of allylic oxidation sites excluding steroid dienone is 2. The summed E-state index contributed by atoms with van der Waals surface area (Å²) in [5.41, 5.74) is 1.01. The SMILES string of the molecule is O=C1OC(c2cc(F)c(F)cc2Cl)=NC1=CC=Cc1ccccc1. The van der Waals surface area contributed by atoms with E-state index in [9.17, 15) is 13.6 Å². The molecule has 0 N–H and O–H groups in total. The Balaban J connectivity index is 1.87. The Morgan fingerprint density at radius 1 is 1.08 bits per heavy atom. The molecule has 0 amide bonds. The predicted molar refractivity (Wildman–Crippen MR) is 87.6 cm³/mol. The zero-order chi connectivity index (χ0) is 17.1. The molecule has 0 fully saturated rings. The molecule has 0 atom stereocenters. The first-order chi connectivity index (χ1) is 11.5. The van der Waals surface area contributed by atoms with Gasteiger partial charge < -0.3 is 4.74 Å². The normalized spacial score (nSPS) is 15.9. The molecule has 1 aliphatic rings. The van der Waals surface area contributed by atoms with E-state index in [0.717, 1.165) is 17.7 Å². The molecule has 0 spiro atoms. The van der Waals surface area contributed by atoms with Gasteiger partial charge in [-0.25, -0.2) is 18.6 Å². The van der Waals surface area contributed by atoms with Crippen molar-refractivity contribution in [2.45, 2.75) is 0 Å². The summed E-state index contributed by atoms with van der Waals surface area (Å²) in [6.07, 6.45) is 4.90. The summed E-state index contributed by atoms with van der Waals surface area (Å²) in [7, 11) is 0. The fourth-order valence-electron chi connectivity index (χ4n) is 2.04. The lowest BCUT2D eigenvalue weighted by molar-refractivity contribution is -0.130. The van der Waals surface area contributed by atoms with E-state index in [1.165, 1.54) is 6.08 Å². The van der Waals surface area contributed by atoms with Crippen LogP contribution in [0.1, 0.15) is 11.1 Å². The van der Waals surface area contributed by atoms with Gasteiger partial charge in [-0.15, -0.1) is 0 Å². The smallest absolute Gasteiger partial charge is 0.363 e. The molecule has 3 rings (SSSR count). The van der Waals surface area contributed by atoms with Crippen molar-refractivity contribution in [3.05, 3.63) is 88.1 Å². The molecule has 3 nitrogen and oxygen atoms in total. The molecule has 1 heterocycles. The van der Waals surface area contributed by atoms with E-state index in [1.807, 2.05) is 30.3 Å². The van der Waals surface area contributed by atoms with Gasteiger partial charge in [-0.2, -0.15) is 0 Å². The highest BCUT2D eigenvalue weighted by Gasteiger charge is 2.26. The fraction of sp³-hybridized carbons (Fsp3) is 0. The predicted octanol–water partition coefficient (Wildman–Crippen LogP) is 4.52. The van der Waals surface area contributed by atoms with Gasteiger partial charge in [-0.3, -0.25) is 0 Å². The van der Waals surface area contributed by atoms with Crippen LogP contribution in [-0.2, 0) is 9.53 Å². The van der Waals surface area contributed by atoms with Crippen LogP contribution in [0.4, 0.5) is 8.78 Å². The number of halogens is 3. The van der Waals surface area contributed by atoms with Crippen LogP contribution in [0.2, 0.25) is 5.02 Å². The Morgan fingerprint density at radius 3 is 2.54 bits per heavy atom. The monoisotopic (exact) mass is 345 g/mol. The van der Waals surface area contributed by atoms with E-state index in [2.05, 4.69) is 4.99 Å². The van der Waals surface area contributed by atoms with E-state index in [0.29, 0.717) is 0 Å². The van der Waals surface area contributed by atoms with Gasteiger partial charge in [-0.05, 0) is 23.8 Å². The number of carbonyl (C=O) groups excluding carboxylic acids is 1. The maximum Gasteiger partial charge on any atom is 0.363 e. The largest absolute Gasteiger partial charge is 0.402 e. The first-order valence-electron chi connectivity index (χ1n) is 6.94. The molecule has 0 unspecified atom stereocenters. The maximum atomic E-state index is 13.3. The van der Waals surface area contributed by atoms with Crippen molar-refractivity contribution in [1.82, 2.24) is 0 Å². The number of aliphatic imine (C=N–C) groups is 1. The van der Waals surface area contributed by atoms with E-state index < -0.39 is 17.6 Å². The van der Waals surface area contributed by atoms with Crippen molar-refractivity contribution >= 4 is 29.5 Å². The summed E-state index contributed by atoms with van der Waals surface area (Å²) in [6, 6.07) is 11.1. The molecule has 0 aromatic heterocycles. The Morgan fingerprint density at radius 2 is 1.79 bits per heavy atom. The minimum absolute atomic E-state index is 0.0133. The van der Waals surface area contributed by atoms with Crippen molar-refractivity contribution in [2.75, 3.05) is 0 Å². The van der Waals surface area contributed by atoms with Crippen molar-refractivity contribution in [2.24, 2.45) is 4.99 Å². The van der Waals surface area contributed by atoms with Gasteiger partial charge in [-0.1, -0.05) is 54.1 Å². The van der Waals surface area contributed by atoms with E-state index >= 15 is 0 Å². The summed E-state index contributed by atoms with van der Waals surface area (Å²) in [6.45, 7) is 0. The first-order valence-corrected chi connectivity index (χ1v) is 7.31. The molecule has 1 aliphatic heterocycles. The summed E-state index contributed by atoms with van der Waals surface area (Å²) in [5.74, 6) is -3.04. The highest BCUT2D eigenvalue weighted by atomic mass is 35.5. The minimum atomic E-state index is -1.10. The number of ether oxygens (including phenoxy) is 1. The van der Waals surface area contributed by atoms with Crippen LogP contribution in [0.25, 0.3) is 6.08 Å². The average Bonchev–Trinajstić information content (AvgIpc) is 2.93. The lowest BCUT2D eigenvalue weighted by Crippen LogP contribution is -2.07. The van der Waals surface area contributed by atoms with Crippen molar-refractivity contribution < 1.29 is 18.3 Å². The van der Waals surface area contributed by atoms with E-state index in [4.69, 9.17) is 16.3 Å². The molecule has 0 radical (unpaired) electrons. The third-order valence-corrected chi connectivity index (χ3v) is 3.52. The lowest BCUT2D eigenvalue weighted by Gasteiger charge is -2.03. The van der Waals surface area contributed by atoms with E-state index in [-0.39, 0.29) is 22.2 Å². The molecule has 2 aromatic carbocycles. The van der Waals surface area contributed by atoms with Crippen LogP contribution in [0.5, 0.6) is 0 Å². The molecule has 0 saturated carbocycles. The highest BCUT2D eigenvalue weighted by Crippen LogP contribution is 2.25. The van der Waals surface area contributed by atoms with Gasteiger partial charge in [0.15, 0.2) is 17.3 Å². The zero-order valence-electron chi connectivity index (χ0n) is 12.2. The number of hydrogen-bond donors (Lipinski definition) is 0. The number of nitrogens with zero attached hydrogens (tertiary/aromatic N) is 1. The first kappa shape index (κ1) is 16.1. The molecule has 0 aliphatic carbocycles. The number of benzene rings is 2. The number of hydrogen-bond acceptors (Lipinski definition) is 3. The van der Waals surface area contributed by atoms with Gasteiger partial charge in [0.25, 0.3) is 0 Å². The third-order valence-electron chi connectivity index (χ3n) is 3.20. The molecule has 0 bridgehead atoms. The van der Waals surface area contributed by atoms with Gasteiger partial charge in [0.05, 0.1) is 10.6 Å². The summed E-state index contributed by atoms with van der Waals surface area (Å²) in [5, 5.41) is -0.0958. The number of esters is 1. The van der Waals surface area contributed by atoms with Crippen LogP contribution in [0, 0.1) is 11.6 Å². The fourth-order valence-corrected chi connectivity index (χ4v) is 2.27. The van der Waals surface area contributed by atoms with Crippen LogP contribution >= 0.6 is 11.6 Å². The Bertz CT molecular complexity index is 889. The molecule has 120 valence electrons. The van der Waals surface area contributed by atoms with Gasteiger partial charge in [0.1, 0.15) is 0 Å². The van der Waals surface area contributed by atoms with Crippen LogP contribution in [0.3, 0.4) is 0 Å². The summed E-state index contributed by atoms with van der Waals surface area (Å²) in [4.78, 5) is 15.8.